The molecule has 200 valence electrons. The number of carbonyl (C=O) groups is 1. The number of nitrogens with zero attached hydrogens (tertiary/aromatic N) is 1. The van der Waals surface area contributed by atoms with Crippen molar-refractivity contribution in [2.75, 3.05) is 13.2 Å². The van der Waals surface area contributed by atoms with E-state index >= 15 is 8.78 Å². The molecule has 5 N–H and O–H groups in total. The number of aliphatic hydroxyl groups is 2. The van der Waals surface area contributed by atoms with E-state index in [9.17, 15) is 15.2 Å². The molecule has 5 atom stereocenters. The number of halogens is 4. The second kappa shape index (κ2) is 11.6. The Labute approximate surface area is 225 Å². The number of aliphatic hydroxyl groups excluding tert-OH is 2. The van der Waals surface area contributed by atoms with E-state index in [1.165, 1.54) is 30.3 Å². The quantitative estimate of drug-likeness (QED) is 0.400. The molecule has 0 saturated carbocycles. The van der Waals surface area contributed by atoms with Gasteiger partial charge in [-0.1, -0.05) is 62.2 Å². The number of carbonyl (C=O) groups excluding carboxylic acids is 1. The van der Waals surface area contributed by atoms with Crippen LogP contribution in [0.1, 0.15) is 50.7 Å². The maximum Gasteiger partial charge on any atom is 0.278 e. The lowest BCUT2D eigenvalue weighted by atomic mass is 9.62. The predicted molar refractivity (Wildman–Crippen MR) is 137 cm³/mol. The number of quaternary nitrogens is 1. The van der Waals surface area contributed by atoms with Crippen molar-refractivity contribution < 1.29 is 29.1 Å². The van der Waals surface area contributed by atoms with Gasteiger partial charge in [-0.15, -0.1) is 0 Å². The van der Waals surface area contributed by atoms with Crippen LogP contribution in [0.4, 0.5) is 8.78 Å². The van der Waals surface area contributed by atoms with Gasteiger partial charge in [-0.05, 0) is 30.0 Å². The van der Waals surface area contributed by atoms with Crippen LogP contribution in [0.5, 0.6) is 0 Å². The van der Waals surface area contributed by atoms with E-state index in [1.54, 1.807) is 5.32 Å². The molecule has 0 aromatic heterocycles. The molecule has 1 amide bonds. The van der Waals surface area contributed by atoms with Crippen molar-refractivity contribution in [3.63, 3.8) is 0 Å². The Bertz CT molecular complexity index is 1180. The lowest BCUT2D eigenvalue weighted by Crippen LogP contribution is -2.95. The first kappa shape index (κ1) is 29.3. The summed E-state index contributed by atoms with van der Waals surface area (Å²) in [7, 11) is 0. The van der Waals surface area contributed by atoms with Crippen LogP contribution in [0.25, 0.3) is 0 Å². The SMILES string of the molecule is CC(C)(C)C[C@@H]1[NH2+][C@@H](C(=O)NCC[C@H](O)CO)[C@H](c2cccc(Cl)c2F)[C@@]1(C#N)c1ccc(Cl)cc1F. The number of nitrogens with one attached hydrogen (secondary N) is 1. The fraction of sp³-hybridized carbons (Fsp3) is 0.481. The first-order chi connectivity index (χ1) is 17.4. The Hall–Kier alpha value is -2.28. The number of amides is 1. The number of benzene rings is 2. The molecule has 1 aliphatic heterocycles. The third-order valence-corrected chi connectivity index (χ3v) is 7.40. The summed E-state index contributed by atoms with van der Waals surface area (Å²) in [6.45, 7) is 5.51. The Balaban J connectivity index is 2.24. The van der Waals surface area contributed by atoms with Crippen LogP contribution in [-0.4, -0.2) is 47.5 Å². The molecule has 0 unspecified atom stereocenters. The molecule has 2 aromatic rings. The fourth-order valence-corrected chi connectivity index (χ4v) is 5.67. The number of hydrogen-bond donors (Lipinski definition) is 4. The maximum atomic E-state index is 15.6. The molecule has 1 fully saturated rings. The second-order valence-corrected chi connectivity index (χ2v) is 11.6. The number of hydrogen-bond acceptors (Lipinski definition) is 4. The van der Waals surface area contributed by atoms with Crippen molar-refractivity contribution in [1.82, 2.24) is 5.32 Å². The monoisotopic (exact) mass is 554 g/mol. The molecule has 1 saturated heterocycles. The third-order valence-electron chi connectivity index (χ3n) is 6.88. The Kier molecular flexibility index (Phi) is 9.20. The maximum absolute atomic E-state index is 15.6. The Morgan fingerprint density at radius 2 is 1.97 bits per heavy atom. The highest BCUT2D eigenvalue weighted by Crippen LogP contribution is 2.50. The minimum absolute atomic E-state index is 0.0280. The standard InChI is InChI=1S/C27H31Cl2F2N3O3/c1-26(2,3)12-21-27(14-32,18-8-7-15(28)11-20(18)30)22(17-5-4-6-19(29)23(17)31)24(34-21)25(37)33-10-9-16(36)13-35/h4-8,11,16,21-22,24,34-36H,9-10,12-13H2,1-3H3,(H,33,37)/p+1/t16-,21-,22-,24+,27-/m0/s1. The first-order valence-corrected chi connectivity index (χ1v) is 12.8. The van der Waals surface area contributed by atoms with Gasteiger partial charge in [-0.2, -0.15) is 5.26 Å². The predicted octanol–water partition coefficient (Wildman–Crippen LogP) is 3.43. The summed E-state index contributed by atoms with van der Waals surface area (Å²) in [5.74, 6) is -3.11. The second-order valence-electron chi connectivity index (χ2n) is 10.7. The van der Waals surface area contributed by atoms with Crippen molar-refractivity contribution in [2.24, 2.45) is 5.41 Å². The number of rotatable bonds is 8. The van der Waals surface area contributed by atoms with E-state index < -0.39 is 53.7 Å². The van der Waals surface area contributed by atoms with Crippen LogP contribution in [-0.2, 0) is 10.2 Å². The van der Waals surface area contributed by atoms with Crippen molar-refractivity contribution in [1.29, 1.82) is 5.26 Å². The van der Waals surface area contributed by atoms with Crippen LogP contribution in [0.15, 0.2) is 36.4 Å². The highest BCUT2D eigenvalue weighted by Gasteiger charge is 2.64. The van der Waals surface area contributed by atoms with E-state index in [0.29, 0.717) is 6.42 Å². The third kappa shape index (κ3) is 6.08. The lowest BCUT2D eigenvalue weighted by molar-refractivity contribution is -0.695. The first-order valence-electron chi connectivity index (χ1n) is 12.1. The average molecular weight is 555 g/mol. The van der Waals surface area contributed by atoms with Gasteiger partial charge >= 0.3 is 0 Å². The summed E-state index contributed by atoms with van der Waals surface area (Å²) in [6, 6.07) is 9.05. The fourth-order valence-electron chi connectivity index (χ4n) is 5.33. The van der Waals surface area contributed by atoms with Crippen molar-refractivity contribution in [2.45, 2.75) is 63.1 Å². The summed E-state index contributed by atoms with van der Waals surface area (Å²) < 4.78 is 31.1. The molecule has 1 heterocycles. The van der Waals surface area contributed by atoms with Crippen LogP contribution in [0.3, 0.4) is 0 Å². The highest BCUT2D eigenvalue weighted by molar-refractivity contribution is 6.31. The summed E-state index contributed by atoms with van der Waals surface area (Å²) >= 11 is 12.1. The van der Waals surface area contributed by atoms with Gasteiger partial charge in [-0.25, -0.2) is 8.78 Å². The molecule has 37 heavy (non-hydrogen) atoms. The van der Waals surface area contributed by atoms with Gasteiger partial charge in [0.2, 0.25) is 0 Å². The average Bonchev–Trinajstić information content (AvgIpc) is 3.13. The zero-order valence-corrected chi connectivity index (χ0v) is 22.5. The molecule has 0 radical (unpaired) electrons. The van der Waals surface area contributed by atoms with Gasteiger partial charge < -0.3 is 20.8 Å². The molecule has 0 aliphatic carbocycles. The van der Waals surface area contributed by atoms with Crippen LogP contribution in [0.2, 0.25) is 10.0 Å². The van der Waals surface area contributed by atoms with E-state index in [4.69, 9.17) is 28.3 Å². The number of nitriles is 1. The zero-order valence-electron chi connectivity index (χ0n) is 20.9. The number of nitrogens with two attached hydrogens (primary N) is 1. The van der Waals surface area contributed by atoms with Crippen molar-refractivity contribution in [3.8, 4) is 6.07 Å². The summed E-state index contributed by atoms with van der Waals surface area (Å²) in [5, 5.41) is 33.9. The van der Waals surface area contributed by atoms with Gasteiger partial charge in [0, 0.05) is 29.1 Å². The van der Waals surface area contributed by atoms with Gasteiger partial charge in [0.25, 0.3) is 5.91 Å². The summed E-state index contributed by atoms with van der Waals surface area (Å²) in [4.78, 5) is 13.5. The minimum atomic E-state index is -1.65. The topological polar surface area (TPSA) is 110 Å². The smallest absolute Gasteiger partial charge is 0.278 e. The molecule has 0 spiro atoms. The summed E-state index contributed by atoms with van der Waals surface area (Å²) in [6.07, 6.45) is -0.496. The lowest BCUT2D eigenvalue weighted by Gasteiger charge is -2.34. The van der Waals surface area contributed by atoms with Crippen molar-refractivity contribution in [3.05, 3.63) is 69.2 Å². The van der Waals surface area contributed by atoms with E-state index in [-0.39, 0.29) is 39.6 Å². The molecule has 2 aromatic carbocycles. The Morgan fingerprint density at radius 3 is 2.57 bits per heavy atom. The van der Waals surface area contributed by atoms with E-state index in [1.807, 2.05) is 20.8 Å². The molecule has 10 heteroatoms. The molecule has 1 aliphatic rings. The largest absolute Gasteiger partial charge is 0.394 e. The molecule has 3 rings (SSSR count). The molecule has 0 bridgehead atoms. The Morgan fingerprint density at radius 1 is 1.27 bits per heavy atom. The minimum Gasteiger partial charge on any atom is -0.394 e. The molecular formula is C27H32Cl2F2N3O3+. The van der Waals surface area contributed by atoms with Crippen LogP contribution >= 0.6 is 23.2 Å². The van der Waals surface area contributed by atoms with Gasteiger partial charge in [-0.3, -0.25) is 4.79 Å². The molecular weight excluding hydrogens is 523 g/mol. The zero-order chi connectivity index (χ0) is 27.5. The highest BCUT2D eigenvalue weighted by atomic mass is 35.5. The normalized spacial score (nSPS) is 24.5. The van der Waals surface area contributed by atoms with Gasteiger partial charge in [0.15, 0.2) is 6.04 Å². The van der Waals surface area contributed by atoms with Gasteiger partial charge in [0.1, 0.15) is 23.1 Å². The van der Waals surface area contributed by atoms with Crippen molar-refractivity contribution >= 4 is 29.1 Å². The van der Waals surface area contributed by atoms with Gasteiger partial charge in [0.05, 0.1) is 29.7 Å². The van der Waals surface area contributed by atoms with Crippen LogP contribution < -0.4 is 10.6 Å². The van der Waals surface area contributed by atoms with E-state index in [2.05, 4.69) is 11.4 Å². The van der Waals surface area contributed by atoms with E-state index in [0.717, 1.165) is 6.07 Å². The molecule has 6 nitrogen and oxygen atoms in total. The van der Waals surface area contributed by atoms with Crippen LogP contribution in [0, 0.1) is 28.4 Å². The summed E-state index contributed by atoms with van der Waals surface area (Å²) in [5.41, 5.74) is -1.91.